The summed E-state index contributed by atoms with van der Waals surface area (Å²) in [5.41, 5.74) is 1.95. The normalized spacial score (nSPS) is 11.6. The van der Waals surface area contributed by atoms with Crippen molar-refractivity contribution in [3.8, 4) is 22.8 Å². The van der Waals surface area contributed by atoms with Gasteiger partial charge in [-0.25, -0.2) is 14.2 Å². The van der Waals surface area contributed by atoms with Crippen LogP contribution in [0, 0.1) is 11.7 Å². The van der Waals surface area contributed by atoms with Crippen molar-refractivity contribution in [1.29, 1.82) is 0 Å². The number of nitrogens with zero attached hydrogens (tertiary/aromatic N) is 1. The van der Waals surface area contributed by atoms with E-state index in [1.54, 1.807) is 55.5 Å². The third kappa shape index (κ3) is 5.00. The van der Waals surface area contributed by atoms with E-state index in [0.29, 0.717) is 34.7 Å². The van der Waals surface area contributed by atoms with Gasteiger partial charge in [-0.3, -0.25) is 4.79 Å². The number of benzene rings is 2. The zero-order valence-corrected chi connectivity index (χ0v) is 16.5. The molecule has 3 rings (SSSR count). The number of esters is 1. The van der Waals surface area contributed by atoms with Gasteiger partial charge in [0, 0.05) is 11.6 Å². The van der Waals surface area contributed by atoms with Crippen LogP contribution in [-0.4, -0.2) is 29.1 Å². The zero-order valence-electron chi connectivity index (χ0n) is 16.5. The predicted molar refractivity (Wildman–Crippen MR) is 108 cm³/mol. The summed E-state index contributed by atoms with van der Waals surface area (Å²) in [7, 11) is 1.45. The summed E-state index contributed by atoms with van der Waals surface area (Å²) in [4.78, 5) is 27.3. The smallest absolute Gasteiger partial charge is 0.343 e. The molecule has 0 unspecified atom stereocenters. The van der Waals surface area contributed by atoms with Gasteiger partial charge < -0.3 is 14.6 Å². The largest absolute Gasteiger partial charge is 0.481 e. The van der Waals surface area contributed by atoms with Crippen molar-refractivity contribution in [3.63, 3.8) is 0 Å². The van der Waals surface area contributed by atoms with Gasteiger partial charge in [0.1, 0.15) is 11.6 Å². The van der Waals surface area contributed by atoms with Gasteiger partial charge in [0.15, 0.2) is 0 Å². The number of ether oxygens (including phenoxy) is 2. The molecule has 6 nitrogen and oxygen atoms in total. The summed E-state index contributed by atoms with van der Waals surface area (Å²) in [6.07, 6.45) is 1.40. The molecule has 0 amide bonds. The van der Waals surface area contributed by atoms with E-state index in [2.05, 4.69) is 4.98 Å². The minimum absolute atomic E-state index is 0.291. The van der Waals surface area contributed by atoms with Crippen molar-refractivity contribution in [2.75, 3.05) is 7.11 Å². The van der Waals surface area contributed by atoms with Crippen LogP contribution in [0.5, 0.6) is 11.6 Å². The van der Waals surface area contributed by atoms with Crippen molar-refractivity contribution in [1.82, 2.24) is 4.98 Å². The number of carbonyl (C=O) groups excluding carboxylic acids is 1. The molecule has 0 bridgehead atoms. The van der Waals surface area contributed by atoms with Gasteiger partial charge in [-0.05, 0) is 41.8 Å². The summed E-state index contributed by atoms with van der Waals surface area (Å²) in [6, 6.07) is 14.5. The van der Waals surface area contributed by atoms with Gasteiger partial charge in [0.25, 0.3) is 0 Å². The summed E-state index contributed by atoms with van der Waals surface area (Å²) < 4.78 is 24.5. The Bertz CT molecular complexity index is 1070. The standard InChI is InChI=1S/C23H20FNO5/c1-14(22(26)27)10-15-4-3-5-17(11-15)23(28)30-18-8-6-16(7-9-18)19-12-21(29-2)25-13-20(19)24/h3-9,11-14H,10H2,1-2H3,(H,26,27)/t14-/m0/s1. The van der Waals surface area contributed by atoms with E-state index in [9.17, 15) is 14.0 Å². The lowest BCUT2D eigenvalue weighted by molar-refractivity contribution is -0.141. The molecular formula is C23H20FNO5. The molecule has 0 saturated heterocycles. The zero-order chi connectivity index (χ0) is 21.7. The number of carbonyl (C=O) groups is 2. The third-order valence-corrected chi connectivity index (χ3v) is 4.54. The summed E-state index contributed by atoms with van der Waals surface area (Å²) >= 11 is 0. The molecule has 0 saturated carbocycles. The number of carboxylic acids is 1. The molecule has 0 aliphatic heterocycles. The third-order valence-electron chi connectivity index (χ3n) is 4.54. The van der Waals surface area contributed by atoms with E-state index < -0.39 is 23.7 Å². The average molecular weight is 409 g/mol. The molecule has 0 aliphatic rings. The Morgan fingerprint density at radius 2 is 1.87 bits per heavy atom. The Labute approximate surface area is 172 Å². The predicted octanol–water partition coefficient (Wildman–Crippen LogP) is 4.38. The maximum Gasteiger partial charge on any atom is 0.343 e. The molecular weight excluding hydrogens is 389 g/mol. The van der Waals surface area contributed by atoms with E-state index in [4.69, 9.17) is 14.6 Å². The fourth-order valence-corrected chi connectivity index (χ4v) is 2.89. The second-order valence-electron chi connectivity index (χ2n) is 6.76. The Morgan fingerprint density at radius 3 is 2.53 bits per heavy atom. The molecule has 3 aromatic rings. The highest BCUT2D eigenvalue weighted by atomic mass is 19.1. The van der Waals surface area contributed by atoms with E-state index in [1.807, 2.05) is 0 Å². The molecule has 0 radical (unpaired) electrons. The van der Waals surface area contributed by atoms with Crippen LogP contribution in [0.1, 0.15) is 22.8 Å². The Hall–Kier alpha value is -3.74. The first-order valence-electron chi connectivity index (χ1n) is 9.21. The number of hydrogen-bond donors (Lipinski definition) is 1. The van der Waals surface area contributed by atoms with Crippen molar-refractivity contribution in [2.45, 2.75) is 13.3 Å². The first-order chi connectivity index (χ1) is 14.4. The summed E-state index contributed by atoms with van der Waals surface area (Å²) in [5, 5.41) is 9.04. The van der Waals surface area contributed by atoms with Crippen LogP contribution in [0.3, 0.4) is 0 Å². The fraction of sp³-hybridized carbons (Fsp3) is 0.174. The molecule has 1 heterocycles. The number of aliphatic carboxylic acids is 1. The van der Waals surface area contributed by atoms with Gasteiger partial charge in [-0.15, -0.1) is 0 Å². The first-order valence-corrected chi connectivity index (χ1v) is 9.21. The summed E-state index contributed by atoms with van der Waals surface area (Å²) in [5.74, 6) is -1.92. The van der Waals surface area contributed by atoms with Crippen LogP contribution in [0.25, 0.3) is 11.1 Å². The van der Waals surface area contributed by atoms with Gasteiger partial charge in [-0.2, -0.15) is 0 Å². The maximum atomic E-state index is 14.1. The molecule has 7 heteroatoms. The highest BCUT2D eigenvalue weighted by Gasteiger charge is 2.15. The molecule has 0 aliphatic carbocycles. The lowest BCUT2D eigenvalue weighted by atomic mass is 10.00. The average Bonchev–Trinajstić information content (AvgIpc) is 2.75. The van der Waals surface area contributed by atoms with Crippen LogP contribution >= 0.6 is 0 Å². The van der Waals surface area contributed by atoms with Gasteiger partial charge in [0.2, 0.25) is 5.88 Å². The molecule has 2 aromatic carbocycles. The molecule has 30 heavy (non-hydrogen) atoms. The van der Waals surface area contributed by atoms with Gasteiger partial charge >= 0.3 is 11.9 Å². The lowest BCUT2D eigenvalue weighted by Crippen LogP contribution is -2.13. The molecule has 0 spiro atoms. The number of rotatable bonds is 7. The van der Waals surface area contributed by atoms with Crippen molar-refractivity contribution < 1.29 is 28.6 Å². The van der Waals surface area contributed by atoms with Crippen molar-refractivity contribution in [2.24, 2.45) is 5.92 Å². The van der Waals surface area contributed by atoms with Crippen molar-refractivity contribution >= 4 is 11.9 Å². The van der Waals surface area contributed by atoms with Crippen LogP contribution in [0.15, 0.2) is 60.8 Å². The Morgan fingerprint density at radius 1 is 1.13 bits per heavy atom. The maximum absolute atomic E-state index is 14.1. The molecule has 1 aromatic heterocycles. The highest BCUT2D eigenvalue weighted by Crippen LogP contribution is 2.27. The minimum atomic E-state index is -0.897. The molecule has 0 fully saturated rings. The van der Waals surface area contributed by atoms with E-state index in [-0.39, 0.29) is 0 Å². The number of carboxylic acid groups (broad SMARTS) is 1. The van der Waals surface area contributed by atoms with Crippen LogP contribution in [0.2, 0.25) is 0 Å². The fourth-order valence-electron chi connectivity index (χ4n) is 2.89. The quantitative estimate of drug-likeness (QED) is 0.460. The molecule has 1 N–H and O–H groups in total. The van der Waals surface area contributed by atoms with E-state index in [0.717, 1.165) is 11.8 Å². The number of methoxy groups -OCH3 is 1. The van der Waals surface area contributed by atoms with Gasteiger partial charge in [0.05, 0.1) is 24.8 Å². The first kappa shape index (κ1) is 21.0. The lowest BCUT2D eigenvalue weighted by Gasteiger charge is -2.09. The van der Waals surface area contributed by atoms with Crippen LogP contribution < -0.4 is 9.47 Å². The van der Waals surface area contributed by atoms with Crippen molar-refractivity contribution in [3.05, 3.63) is 77.7 Å². The Kier molecular flexibility index (Phi) is 6.41. The van der Waals surface area contributed by atoms with Crippen LogP contribution in [-0.2, 0) is 11.2 Å². The number of hydrogen-bond acceptors (Lipinski definition) is 5. The molecule has 1 atom stereocenters. The molecule has 154 valence electrons. The topological polar surface area (TPSA) is 85.7 Å². The van der Waals surface area contributed by atoms with E-state index in [1.165, 1.54) is 13.2 Å². The Balaban J connectivity index is 1.73. The second kappa shape index (κ2) is 9.17. The van der Waals surface area contributed by atoms with E-state index >= 15 is 0 Å². The number of halogens is 1. The summed E-state index contributed by atoms with van der Waals surface area (Å²) in [6.45, 7) is 1.61. The highest BCUT2D eigenvalue weighted by molar-refractivity contribution is 5.91. The van der Waals surface area contributed by atoms with Gasteiger partial charge in [-0.1, -0.05) is 31.2 Å². The second-order valence-corrected chi connectivity index (χ2v) is 6.76. The number of aromatic nitrogens is 1. The number of pyridine rings is 1. The SMILES string of the molecule is COc1cc(-c2ccc(OC(=O)c3cccc(C[C@H](C)C(=O)O)c3)cc2)c(F)cn1. The monoisotopic (exact) mass is 409 g/mol. The minimum Gasteiger partial charge on any atom is -0.481 e. The van der Waals surface area contributed by atoms with Crippen LogP contribution in [0.4, 0.5) is 4.39 Å².